The summed E-state index contributed by atoms with van der Waals surface area (Å²) in [4.78, 5) is 26.3. The van der Waals surface area contributed by atoms with Crippen molar-refractivity contribution < 1.29 is 14.7 Å². The Morgan fingerprint density at radius 2 is 2.16 bits per heavy atom. The SMILES string of the molecule is Cc1cc(C(=O)NCCC(C)CCC(=O)O)ccn1. The van der Waals surface area contributed by atoms with E-state index in [0.29, 0.717) is 18.5 Å². The summed E-state index contributed by atoms with van der Waals surface area (Å²) in [5, 5.41) is 11.4. The van der Waals surface area contributed by atoms with Gasteiger partial charge in [-0.3, -0.25) is 14.6 Å². The van der Waals surface area contributed by atoms with Crippen LogP contribution >= 0.6 is 0 Å². The van der Waals surface area contributed by atoms with Crippen LogP contribution in [-0.4, -0.2) is 28.5 Å². The molecule has 19 heavy (non-hydrogen) atoms. The Balaban J connectivity index is 2.29. The van der Waals surface area contributed by atoms with Gasteiger partial charge in [0.2, 0.25) is 0 Å². The van der Waals surface area contributed by atoms with E-state index in [9.17, 15) is 9.59 Å². The lowest BCUT2D eigenvalue weighted by atomic mass is 10.0. The van der Waals surface area contributed by atoms with Gasteiger partial charge in [0.25, 0.3) is 5.91 Å². The van der Waals surface area contributed by atoms with Gasteiger partial charge in [-0.15, -0.1) is 0 Å². The number of amides is 1. The van der Waals surface area contributed by atoms with Crippen molar-refractivity contribution in [2.45, 2.75) is 33.1 Å². The van der Waals surface area contributed by atoms with E-state index in [1.54, 1.807) is 18.3 Å². The molecule has 1 amide bonds. The molecule has 0 aliphatic rings. The van der Waals surface area contributed by atoms with Gasteiger partial charge in [0.1, 0.15) is 0 Å². The van der Waals surface area contributed by atoms with Crippen molar-refractivity contribution in [3.8, 4) is 0 Å². The summed E-state index contributed by atoms with van der Waals surface area (Å²) in [6.07, 6.45) is 3.21. The normalized spacial score (nSPS) is 11.9. The van der Waals surface area contributed by atoms with Crippen LogP contribution in [0.25, 0.3) is 0 Å². The predicted octanol–water partition coefficient (Wildman–Crippen LogP) is 2.01. The number of aromatic nitrogens is 1. The van der Waals surface area contributed by atoms with E-state index >= 15 is 0 Å². The fraction of sp³-hybridized carbons (Fsp3) is 0.500. The van der Waals surface area contributed by atoms with Crippen LogP contribution in [-0.2, 0) is 4.79 Å². The molecule has 1 unspecified atom stereocenters. The summed E-state index contributed by atoms with van der Waals surface area (Å²) in [7, 11) is 0. The minimum absolute atomic E-state index is 0.115. The first kappa shape index (κ1) is 15.1. The summed E-state index contributed by atoms with van der Waals surface area (Å²) >= 11 is 0. The minimum atomic E-state index is -0.775. The molecule has 2 N–H and O–H groups in total. The van der Waals surface area contributed by atoms with Crippen LogP contribution in [0, 0.1) is 12.8 Å². The van der Waals surface area contributed by atoms with Gasteiger partial charge in [-0.2, -0.15) is 0 Å². The Hall–Kier alpha value is -1.91. The van der Waals surface area contributed by atoms with Gasteiger partial charge in [0.15, 0.2) is 0 Å². The number of carboxylic acids is 1. The zero-order chi connectivity index (χ0) is 14.3. The number of carbonyl (C=O) groups is 2. The highest BCUT2D eigenvalue weighted by Crippen LogP contribution is 2.09. The second kappa shape index (κ2) is 7.51. The van der Waals surface area contributed by atoms with E-state index in [-0.39, 0.29) is 18.2 Å². The molecule has 0 bridgehead atoms. The van der Waals surface area contributed by atoms with Gasteiger partial charge in [-0.25, -0.2) is 0 Å². The molecule has 1 atom stereocenters. The molecule has 0 saturated carbocycles. The first-order valence-electron chi connectivity index (χ1n) is 6.41. The third-order valence-electron chi connectivity index (χ3n) is 2.93. The van der Waals surface area contributed by atoms with Gasteiger partial charge in [-0.1, -0.05) is 6.92 Å². The highest BCUT2D eigenvalue weighted by atomic mass is 16.4. The minimum Gasteiger partial charge on any atom is -0.481 e. The molecular weight excluding hydrogens is 244 g/mol. The Morgan fingerprint density at radius 1 is 1.42 bits per heavy atom. The summed E-state index contributed by atoms with van der Waals surface area (Å²) in [6.45, 7) is 4.39. The van der Waals surface area contributed by atoms with E-state index in [1.165, 1.54) is 0 Å². The third-order valence-corrected chi connectivity index (χ3v) is 2.93. The van der Waals surface area contributed by atoms with Crippen LogP contribution in [0.5, 0.6) is 0 Å². The molecule has 1 aromatic heterocycles. The van der Waals surface area contributed by atoms with E-state index in [1.807, 2.05) is 13.8 Å². The molecule has 0 aliphatic carbocycles. The quantitative estimate of drug-likeness (QED) is 0.789. The molecule has 0 saturated heterocycles. The fourth-order valence-electron chi connectivity index (χ4n) is 1.74. The molecule has 1 rings (SSSR count). The average molecular weight is 264 g/mol. The Bertz CT molecular complexity index is 446. The summed E-state index contributed by atoms with van der Waals surface area (Å²) in [5.74, 6) is -0.602. The smallest absolute Gasteiger partial charge is 0.303 e. The number of hydrogen-bond donors (Lipinski definition) is 2. The number of pyridine rings is 1. The number of hydrogen-bond acceptors (Lipinski definition) is 3. The Labute approximate surface area is 113 Å². The number of rotatable bonds is 7. The second-order valence-electron chi connectivity index (χ2n) is 4.77. The first-order chi connectivity index (χ1) is 8.99. The van der Waals surface area contributed by atoms with Crippen molar-refractivity contribution in [3.63, 3.8) is 0 Å². The molecular formula is C14H20N2O3. The van der Waals surface area contributed by atoms with E-state index < -0.39 is 5.97 Å². The van der Waals surface area contributed by atoms with Crippen LogP contribution in [0.15, 0.2) is 18.3 Å². The molecule has 0 aliphatic heterocycles. The van der Waals surface area contributed by atoms with Crippen molar-refractivity contribution in [3.05, 3.63) is 29.6 Å². The molecule has 5 nitrogen and oxygen atoms in total. The summed E-state index contributed by atoms with van der Waals surface area (Å²) < 4.78 is 0. The van der Waals surface area contributed by atoms with Gasteiger partial charge in [-0.05, 0) is 37.8 Å². The maximum atomic E-state index is 11.8. The fourth-order valence-corrected chi connectivity index (χ4v) is 1.74. The van der Waals surface area contributed by atoms with Crippen molar-refractivity contribution in [2.75, 3.05) is 6.54 Å². The lowest BCUT2D eigenvalue weighted by Crippen LogP contribution is -2.25. The number of nitrogens with zero attached hydrogens (tertiary/aromatic N) is 1. The topological polar surface area (TPSA) is 79.3 Å². The van der Waals surface area contributed by atoms with Gasteiger partial charge >= 0.3 is 5.97 Å². The lowest BCUT2D eigenvalue weighted by molar-refractivity contribution is -0.137. The van der Waals surface area contributed by atoms with Gasteiger partial charge in [0.05, 0.1) is 0 Å². The molecule has 0 radical (unpaired) electrons. The second-order valence-corrected chi connectivity index (χ2v) is 4.77. The van der Waals surface area contributed by atoms with Crippen molar-refractivity contribution >= 4 is 11.9 Å². The number of nitrogens with one attached hydrogen (secondary N) is 1. The monoisotopic (exact) mass is 264 g/mol. The predicted molar refractivity (Wildman–Crippen MR) is 72.0 cm³/mol. The average Bonchev–Trinajstić information content (AvgIpc) is 2.36. The molecule has 1 aromatic rings. The summed E-state index contributed by atoms with van der Waals surface area (Å²) in [6, 6.07) is 3.42. The number of carbonyl (C=O) groups excluding carboxylic acids is 1. The maximum absolute atomic E-state index is 11.8. The van der Waals surface area contributed by atoms with Crippen LogP contribution in [0.2, 0.25) is 0 Å². The zero-order valence-corrected chi connectivity index (χ0v) is 11.3. The summed E-state index contributed by atoms with van der Waals surface area (Å²) in [5.41, 5.74) is 1.41. The molecule has 1 heterocycles. The standard InChI is InChI=1S/C14H20N2O3/c1-10(3-4-13(17)18)5-7-16-14(19)12-6-8-15-11(2)9-12/h6,8-10H,3-5,7H2,1-2H3,(H,16,19)(H,17,18). The number of aryl methyl sites for hydroxylation is 1. The highest BCUT2D eigenvalue weighted by Gasteiger charge is 2.08. The van der Waals surface area contributed by atoms with Crippen LogP contribution in [0.3, 0.4) is 0 Å². The van der Waals surface area contributed by atoms with Gasteiger partial charge in [0, 0.05) is 30.4 Å². The van der Waals surface area contributed by atoms with Crippen LogP contribution < -0.4 is 5.32 Å². The number of carboxylic acid groups (broad SMARTS) is 1. The van der Waals surface area contributed by atoms with Crippen LogP contribution in [0.4, 0.5) is 0 Å². The van der Waals surface area contributed by atoms with Crippen molar-refractivity contribution in [1.29, 1.82) is 0 Å². The third kappa shape index (κ3) is 5.99. The zero-order valence-electron chi connectivity index (χ0n) is 11.3. The van der Waals surface area contributed by atoms with Crippen LogP contribution in [0.1, 0.15) is 42.2 Å². The van der Waals surface area contributed by atoms with E-state index in [0.717, 1.165) is 12.1 Å². The Morgan fingerprint density at radius 3 is 2.79 bits per heavy atom. The molecule has 0 aromatic carbocycles. The molecule has 5 heteroatoms. The largest absolute Gasteiger partial charge is 0.481 e. The van der Waals surface area contributed by atoms with Crippen molar-refractivity contribution in [1.82, 2.24) is 10.3 Å². The van der Waals surface area contributed by atoms with E-state index in [4.69, 9.17) is 5.11 Å². The molecule has 104 valence electrons. The Kier molecular flexibility index (Phi) is 5.99. The molecule has 0 spiro atoms. The number of aliphatic carboxylic acids is 1. The molecule has 0 fully saturated rings. The van der Waals surface area contributed by atoms with Crippen molar-refractivity contribution in [2.24, 2.45) is 5.92 Å². The van der Waals surface area contributed by atoms with Gasteiger partial charge < -0.3 is 10.4 Å². The first-order valence-corrected chi connectivity index (χ1v) is 6.41. The maximum Gasteiger partial charge on any atom is 0.303 e. The lowest BCUT2D eigenvalue weighted by Gasteiger charge is -2.10. The highest BCUT2D eigenvalue weighted by molar-refractivity contribution is 5.94. The van der Waals surface area contributed by atoms with E-state index in [2.05, 4.69) is 10.3 Å².